The molecule has 0 aliphatic carbocycles. The molecule has 7 nitrogen and oxygen atoms in total. The maximum Gasteiger partial charge on any atom is 0.338 e. The van der Waals surface area contributed by atoms with Crippen molar-refractivity contribution in [2.24, 2.45) is 0 Å². The van der Waals surface area contributed by atoms with Crippen molar-refractivity contribution in [1.29, 1.82) is 0 Å². The quantitative estimate of drug-likeness (QED) is 0.525. The van der Waals surface area contributed by atoms with E-state index in [1.807, 2.05) is 38.1 Å². The van der Waals surface area contributed by atoms with E-state index >= 15 is 0 Å². The van der Waals surface area contributed by atoms with Crippen LogP contribution in [0.15, 0.2) is 48.5 Å². The molecule has 2 rings (SSSR count). The molecule has 166 valence electrons. The van der Waals surface area contributed by atoms with Gasteiger partial charge in [-0.05, 0) is 55.5 Å². The summed E-state index contributed by atoms with van der Waals surface area (Å²) < 4.78 is 5.14. The number of ether oxygens (including phenoxy) is 1. The van der Waals surface area contributed by atoms with E-state index in [2.05, 4.69) is 29.8 Å². The van der Waals surface area contributed by atoms with Gasteiger partial charge in [0.15, 0.2) is 6.61 Å². The number of rotatable bonds is 9. The van der Waals surface area contributed by atoms with Crippen molar-refractivity contribution in [3.8, 4) is 0 Å². The number of nitrogens with one attached hydrogen (secondary N) is 3. The number of benzene rings is 2. The van der Waals surface area contributed by atoms with E-state index in [1.165, 1.54) is 0 Å². The first-order valence-corrected chi connectivity index (χ1v) is 10.5. The van der Waals surface area contributed by atoms with Gasteiger partial charge in [0, 0.05) is 18.3 Å². The number of esters is 1. The van der Waals surface area contributed by atoms with E-state index in [0.717, 1.165) is 23.2 Å². The Morgan fingerprint density at radius 3 is 2.29 bits per heavy atom. The van der Waals surface area contributed by atoms with Gasteiger partial charge in [-0.2, -0.15) is 0 Å². The Bertz CT molecular complexity index is 894. The Labute approximate surface area is 183 Å². The Morgan fingerprint density at radius 2 is 1.65 bits per heavy atom. The first kappa shape index (κ1) is 23.9. The summed E-state index contributed by atoms with van der Waals surface area (Å²) in [5.74, 6) is -0.660. The Hall–Kier alpha value is -3.35. The molecule has 0 unspecified atom stereocenters. The molecule has 0 aliphatic heterocycles. The van der Waals surface area contributed by atoms with Gasteiger partial charge in [0.05, 0.1) is 5.56 Å². The van der Waals surface area contributed by atoms with E-state index < -0.39 is 5.97 Å². The topological polar surface area (TPSA) is 96.5 Å². The van der Waals surface area contributed by atoms with E-state index in [0.29, 0.717) is 18.0 Å². The third-order valence-electron chi connectivity index (χ3n) is 4.78. The number of amides is 3. The molecule has 3 N–H and O–H groups in total. The molecule has 3 amide bonds. The smallest absolute Gasteiger partial charge is 0.338 e. The van der Waals surface area contributed by atoms with Crippen LogP contribution < -0.4 is 16.0 Å². The second-order valence-electron chi connectivity index (χ2n) is 7.70. The second kappa shape index (κ2) is 11.7. The van der Waals surface area contributed by atoms with Crippen LogP contribution in [0.5, 0.6) is 0 Å². The predicted molar refractivity (Wildman–Crippen MR) is 121 cm³/mol. The predicted octanol–water partition coefficient (Wildman–Crippen LogP) is 4.20. The van der Waals surface area contributed by atoms with Crippen LogP contribution in [-0.2, 0) is 16.1 Å². The summed E-state index contributed by atoms with van der Waals surface area (Å²) in [6, 6.07) is 14.1. The molecule has 31 heavy (non-hydrogen) atoms. The molecule has 0 heterocycles. The Morgan fingerprint density at radius 1 is 0.968 bits per heavy atom. The minimum absolute atomic E-state index is 0.0536. The monoisotopic (exact) mass is 425 g/mol. The molecule has 0 fully saturated rings. The molecule has 0 saturated heterocycles. The SMILES string of the molecule is CC[C@@H](C)c1ccccc1NC(=O)COC(=O)c1ccc(CNC(=O)NC(C)C)cc1. The number of hydrogen-bond acceptors (Lipinski definition) is 4. The highest BCUT2D eigenvalue weighted by molar-refractivity contribution is 5.96. The first-order chi connectivity index (χ1) is 14.8. The zero-order valence-corrected chi connectivity index (χ0v) is 18.5. The molecule has 1 atom stereocenters. The summed E-state index contributed by atoms with van der Waals surface area (Å²) in [4.78, 5) is 36.1. The van der Waals surface area contributed by atoms with Crippen LogP contribution in [0.3, 0.4) is 0 Å². The van der Waals surface area contributed by atoms with Crippen molar-refractivity contribution >= 4 is 23.6 Å². The molecular weight excluding hydrogens is 394 g/mol. The Kier molecular flexibility index (Phi) is 9.06. The molecule has 2 aromatic rings. The van der Waals surface area contributed by atoms with Gasteiger partial charge in [0.1, 0.15) is 0 Å². The number of carbonyl (C=O) groups is 3. The van der Waals surface area contributed by atoms with Gasteiger partial charge in [-0.15, -0.1) is 0 Å². The summed E-state index contributed by atoms with van der Waals surface area (Å²) >= 11 is 0. The van der Waals surface area contributed by atoms with Gasteiger partial charge in [0.2, 0.25) is 0 Å². The van der Waals surface area contributed by atoms with Crippen LogP contribution in [0.4, 0.5) is 10.5 Å². The lowest BCUT2D eigenvalue weighted by molar-refractivity contribution is -0.119. The van der Waals surface area contributed by atoms with Gasteiger partial charge in [-0.1, -0.05) is 44.2 Å². The zero-order valence-electron chi connectivity index (χ0n) is 18.5. The van der Waals surface area contributed by atoms with E-state index in [1.54, 1.807) is 24.3 Å². The minimum atomic E-state index is -0.581. The van der Waals surface area contributed by atoms with Crippen molar-refractivity contribution < 1.29 is 19.1 Å². The first-order valence-electron chi connectivity index (χ1n) is 10.5. The lowest BCUT2D eigenvalue weighted by Crippen LogP contribution is -2.39. The molecule has 0 saturated carbocycles. The lowest BCUT2D eigenvalue weighted by Gasteiger charge is -2.15. The van der Waals surface area contributed by atoms with Gasteiger partial charge in [0.25, 0.3) is 5.91 Å². The van der Waals surface area contributed by atoms with Crippen molar-refractivity contribution in [1.82, 2.24) is 10.6 Å². The molecule has 2 aromatic carbocycles. The van der Waals surface area contributed by atoms with Crippen LogP contribution in [0.25, 0.3) is 0 Å². The summed E-state index contributed by atoms with van der Waals surface area (Å²) in [7, 11) is 0. The molecule has 0 aromatic heterocycles. The van der Waals surface area contributed by atoms with Crippen molar-refractivity contribution in [2.45, 2.75) is 52.6 Å². The summed E-state index contributed by atoms with van der Waals surface area (Å²) in [5, 5.41) is 8.30. The number of urea groups is 1. The van der Waals surface area contributed by atoms with Gasteiger partial charge in [-0.25, -0.2) is 9.59 Å². The average molecular weight is 426 g/mol. The van der Waals surface area contributed by atoms with Crippen LogP contribution in [0.1, 0.15) is 61.5 Å². The average Bonchev–Trinajstić information content (AvgIpc) is 2.75. The maximum absolute atomic E-state index is 12.3. The van der Waals surface area contributed by atoms with Gasteiger partial charge >= 0.3 is 12.0 Å². The number of anilines is 1. The normalized spacial score (nSPS) is 11.5. The summed E-state index contributed by atoms with van der Waals surface area (Å²) in [6.45, 7) is 7.92. The molecule has 0 radical (unpaired) electrons. The maximum atomic E-state index is 12.3. The number of hydrogen-bond donors (Lipinski definition) is 3. The third-order valence-corrected chi connectivity index (χ3v) is 4.78. The van der Waals surface area contributed by atoms with E-state index in [4.69, 9.17) is 4.74 Å². The number of para-hydroxylation sites is 1. The van der Waals surface area contributed by atoms with Gasteiger partial charge < -0.3 is 20.7 Å². The van der Waals surface area contributed by atoms with Crippen LogP contribution >= 0.6 is 0 Å². The molecular formula is C24H31N3O4. The fourth-order valence-electron chi connectivity index (χ4n) is 2.92. The molecule has 7 heteroatoms. The highest BCUT2D eigenvalue weighted by atomic mass is 16.5. The number of carbonyl (C=O) groups excluding carboxylic acids is 3. The van der Waals surface area contributed by atoms with Crippen LogP contribution in [-0.4, -0.2) is 30.6 Å². The fourth-order valence-corrected chi connectivity index (χ4v) is 2.92. The summed E-state index contributed by atoms with van der Waals surface area (Å²) in [5.41, 5.74) is 2.96. The fraction of sp³-hybridized carbons (Fsp3) is 0.375. The molecule has 0 aliphatic rings. The largest absolute Gasteiger partial charge is 0.452 e. The second-order valence-corrected chi connectivity index (χ2v) is 7.70. The van der Waals surface area contributed by atoms with Crippen molar-refractivity contribution in [3.05, 3.63) is 65.2 Å². The highest BCUT2D eigenvalue weighted by Gasteiger charge is 2.14. The standard InChI is InChI=1S/C24H31N3O4/c1-5-17(4)20-8-6-7-9-21(20)27-22(28)15-31-23(29)19-12-10-18(11-13-19)14-25-24(30)26-16(2)3/h6-13,16-17H,5,14-15H2,1-4H3,(H,27,28)(H2,25,26,30)/t17-/m1/s1. The summed E-state index contributed by atoms with van der Waals surface area (Å²) in [6.07, 6.45) is 0.954. The molecule has 0 spiro atoms. The minimum Gasteiger partial charge on any atom is -0.452 e. The van der Waals surface area contributed by atoms with Crippen molar-refractivity contribution in [2.75, 3.05) is 11.9 Å². The van der Waals surface area contributed by atoms with Gasteiger partial charge in [-0.3, -0.25) is 4.79 Å². The highest BCUT2D eigenvalue weighted by Crippen LogP contribution is 2.26. The molecule has 0 bridgehead atoms. The lowest BCUT2D eigenvalue weighted by atomic mass is 9.97. The van der Waals surface area contributed by atoms with E-state index in [-0.39, 0.29) is 24.6 Å². The van der Waals surface area contributed by atoms with Crippen LogP contribution in [0.2, 0.25) is 0 Å². The van der Waals surface area contributed by atoms with Crippen molar-refractivity contribution in [3.63, 3.8) is 0 Å². The third kappa shape index (κ3) is 7.77. The zero-order chi connectivity index (χ0) is 22.8. The van der Waals surface area contributed by atoms with Crippen LogP contribution in [0, 0.1) is 0 Å². The van der Waals surface area contributed by atoms with E-state index in [9.17, 15) is 14.4 Å². The Balaban J connectivity index is 1.84.